The molecule has 18 heavy (non-hydrogen) atoms. The molecular formula is C13H33N4Ta. The molecule has 0 rings (SSSR count). The van der Waals surface area contributed by atoms with Crippen LogP contribution in [-0.4, -0.2) is 25.2 Å². The first kappa shape index (κ1) is 18.4. The summed E-state index contributed by atoms with van der Waals surface area (Å²) in [6.45, 7) is 16.3. The Bertz CT molecular complexity index is 230. The first-order valence-corrected chi connectivity index (χ1v) is 13.5. The van der Waals surface area contributed by atoms with Crippen LogP contribution >= 0.6 is 0 Å². The maximum atomic E-state index is 5.13. The van der Waals surface area contributed by atoms with Gasteiger partial charge in [-0.15, -0.1) is 0 Å². The minimum atomic E-state index is -3.02. The van der Waals surface area contributed by atoms with E-state index >= 15 is 0 Å². The Balaban J connectivity index is 5.04. The minimum absolute atomic E-state index is 0.0146. The average molecular weight is 426 g/mol. The average Bonchev–Trinajstić information content (AvgIpc) is 2.29. The van der Waals surface area contributed by atoms with E-state index in [0.29, 0.717) is 0 Å². The van der Waals surface area contributed by atoms with Crippen LogP contribution in [0.15, 0.2) is 3.34 Å². The molecule has 0 saturated heterocycles. The molecular weight excluding hydrogens is 393 g/mol. The summed E-state index contributed by atoms with van der Waals surface area (Å²) in [4.78, 5) is 0. The Morgan fingerprint density at radius 3 is 1.33 bits per heavy atom. The second-order valence-corrected chi connectivity index (χ2v) is 14.3. The molecule has 0 radical (unpaired) electrons. The maximum absolute atomic E-state index is 5.13. The van der Waals surface area contributed by atoms with Crippen molar-refractivity contribution in [2.45, 2.75) is 66.3 Å². The molecule has 0 aromatic heterocycles. The van der Waals surface area contributed by atoms with Gasteiger partial charge >= 0.3 is 118 Å². The van der Waals surface area contributed by atoms with Gasteiger partial charge in [-0.3, -0.25) is 0 Å². The van der Waals surface area contributed by atoms with Crippen LogP contribution < -0.4 is 11.2 Å². The summed E-state index contributed by atoms with van der Waals surface area (Å²) < 4.78 is 16.3. The van der Waals surface area contributed by atoms with Crippen LogP contribution in [0.4, 0.5) is 0 Å². The standard InChI is InChI=1S/C4H9N.3C3H8N.Ta/c1-4(2,3)5;3*1-2-3-4;/h1-3H3;3*4H,2-3H2,1H3;/q;3*-1;+3. The first-order valence-electron chi connectivity index (χ1n) is 7.28. The molecule has 0 heterocycles. The molecule has 0 aliphatic heterocycles. The normalized spacial score (nSPS) is 12.8. The summed E-state index contributed by atoms with van der Waals surface area (Å²) in [5.41, 5.74) is 0.0146. The quantitative estimate of drug-likeness (QED) is 0.532. The molecule has 110 valence electrons. The summed E-state index contributed by atoms with van der Waals surface area (Å²) in [6.07, 6.45) is 3.46. The van der Waals surface area contributed by atoms with E-state index in [1.165, 1.54) is 0 Å². The van der Waals surface area contributed by atoms with Crippen LogP contribution in [0.25, 0.3) is 0 Å². The monoisotopic (exact) mass is 426 g/mol. The molecule has 0 unspecified atom stereocenters. The van der Waals surface area contributed by atoms with Gasteiger partial charge in [0.1, 0.15) is 0 Å². The van der Waals surface area contributed by atoms with E-state index in [-0.39, 0.29) is 5.54 Å². The van der Waals surface area contributed by atoms with E-state index in [1.807, 2.05) is 0 Å². The van der Waals surface area contributed by atoms with E-state index in [4.69, 9.17) is 3.34 Å². The molecule has 0 aromatic carbocycles. The molecule has 0 bridgehead atoms. The molecule has 0 spiro atoms. The Kier molecular flexibility index (Phi) is 9.56. The van der Waals surface area contributed by atoms with Crippen LogP contribution in [0, 0.1) is 0 Å². The van der Waals surface area contributed by atoms with Crippen molar-refractivity contribution in [2.24, 2.45) is 3.34 Å². The van der Waals surface area contributed by atoms with Crippen molar-refractivity contribution in [1.82, 2.24) is 11.2 Å². The molecule has 3 N–H and O–H groups in total. The zero-order chi connectivity index (χ0) is 14.1. The van der Waals surface area contributed by atoms with Crippen LogP contribution in [0.5, 0.6) is 0 Å². The molecule has 5 heteroatoms. The predicted molar refractivity (Wildman–Crippen MR) is 77.1 cm³/mol. The second-order valence-electron chi connectivity index (χ2n) is 5.63. The molecule has 4 nitrogen and oxygen atoms in total. The summed E-state index contributed by atoms with van der Waals surface area (Å²) in [5, 5.41) is 0. The van der Waals surface area contributed by atoms with Gasteiger partial charge in [0.15, 0.2) is 0 Å². The fourth-order valence-corrected chi connectivity index (χ4v) is 12.6. The third kappa shape index (κ3) is 8.51. The van der Waals surface area contributed by atoms with Crippen LogP contribution in [0.2, 0.25) is 0 Å². The van der Waals surface area contributed by atoms with E-state index in [9.17, 15) is 0 Å². The summed E-state index contributed by atoms with van der Waals surface area (Å²) in [7, 11) is 0. The zero-order valence-electron chi connectivity index (χ0n) is 13.1. The number of nitrogens with one attached hydrogen (secondary N) is 3. The molecule has 0 aliphatic carbocycles. The third-order valence-corrected chi connectivity index (χ3v) is 12.8. The molecule has 0 saturated carbocycles. The summed E-state index contributed by atoms with van der Waals surface area (Å²) in [5.74, 6) is 0. The van der Waals surface area contributed by atoms with Crippen molar-refractivity contribution in [3.63, 3.8) is 0 Å². The van der Waals surface area contributed by atoms with E-state index < -0.39 is 17.7 Å². The van der Waals surface area contributed by atoms with Gasteiger partial charge in [0.05, 0.1) is 0 Å². The number of hydrogen-bond donors (Lipinski definition) is 3. The number of rotatable bonds is 9. The topological polar surface area (TPSA) is 48.5 Å². The Morgan fingerprint density at radius 2 is 1.11 bits per heavy atom. The van der Waals surface area contributed by atoms with Crippen molar-refractivity contribution >= 4 is 0 Å². The summed E-state index contributed by atoms with van der Waals surface area (Å²) in [6, 6.07) is 0. The van der Waals surface area contributed by atoms with Gasteiger partial charge in [-0.05, 0) is 0 Å². The Labute approximate surface area is 118 Å². The molecule has 0 aliphatic rings. The third-order valence-electron chi connectivity index (χ3n) is 2.22. The van der Waals surface area contributed by atoms with Crippen molar-refractivity contribution in [2.75, 3.05) is 19.6 Å². The Hall–Kier alpha value is 0.420. The van der Waals surface area contributed by atoms with Crippen molar-refractivity contribution < 1.29 is 17.7 Å². The zero-order valence-corrected chi connectivity index (χ0v) is 16.4. The van der Waals surface area contributed by atoms with Gasteiger partial charge < -0.3 is 0 Å². The molecule has 0 amide bonds. The Morgan fingerprint density at radius 1 is 0.778 bits per heavy atom. The second kappa shape index (κ2) is 9.34. The summed E-state index contributed by atoms with van der Waals surface area (Å²) >= 11 is -3.02. The SMILES string of the molecule is CCC[NH][Ta](=[N]C(C)(C)C)([NH]CCC)[NH]CCC. The van der Waals surface area contributed by atoms with Gasteiger partial charge in [-0.25, -0.2) is 0 Å². The van der Waals surface area contributed by atoms with Gasteiger partial charge in [0, 0.05) is 0 Å². The predicted octanol–water partition coefficient (Wildman–Crippen LogP) is 2.87. The van der Waals surface area contributed by atoms with Gasteiger partial charge in [0.25, 0.3) is 0 Å². The van der Waals surface area contributed by atoms with Crippen LogP contribution in [0.1, 0.15) is 60.8 Å². The first-order chi connectivity index (χ1) is 8.39. The van der Waals surface area contributed by atoms with Gasteiger partial charge in [0.2, 0.25) is 0 Å². The van der Waals surface area contributed by atoms with E-state index in [1.54, 1.807) is 0 Å². The van der Waals surface area contributed by atoms with Gasteiger partial charge in [-0.1, -0.05) is 0 Å². The van der Waals surface area contributed by atoms with Crippen molar-refractivity contribution in [3.8, 4) is 0 Å². The fraction of sp³-hybridized carbons (Fsp3) is 1.00. The molecule has 0 atom stereocenters. The number of hydrogen-bond acceptors (Lipinski definition) is 1. The van der Waals surface area contributed by atoms with Crippen molar-refractivity contribution in [1.29, 1.82) is 0 Å². The van der Waals surface area contributed by atoms with E-state index in [2.05, 4.69) is 52.7 Å². The van der Waals surface area contributed by atoms with Crippen LogP contribution in [-0.2, 0) is 17.7 Å². The van der Waals surface area contributed by atoms with Crippen molar-refractivity contribution in [3.05, 3.63) is 0 Å². The fourth-order valence-electron chi connectivity index (χ4n) is 1.54. The molecule has 0 aromatic rings. The van der Waals surface area contributed by atoms with E-state index in [0.717, 1.165) is 38.9 Å². The number of nitrogens with zero attached hydrogens (tertiary/aromatic N) is 1. The van der Waals surface area contributed by atoms with Gasteiger partial charge in [-0.2, -0.15) is 0 Å². The van der Waals surface area contributed by atoms with Crippen LogP contribution in [0.3, 0.4) is 0 Å². The molecule has 0 fully saturated rings.